The number of nitrogens with zero attached hydrogens (tertiary/aromatic N) is 1. The van der Waals surface area contributed by atoms with Crippen molar-refractivity contribution in [3.8, 4) is 11.5 Å². The van der Waals surface area contributed by atoms with Gasteiger partial charge in [0.1, 0.15) is 6.61 Å². The number of amides is 2. The number of hydrazone groups is 1. The summed E-state index contributed by atoms with van der Waals surface area (Å²) in [7, 11) is 1.52. The Morgan fingerprint density at radius 2 is 1.82 bits per heavy atom. The zero-order valence-electron chi connectivity index (χ0n) is 18.8. The largest absolute Gasteiger partial charge is 0.493 e. The molecule has 3 aromatic rings. The van der Waals surface area contributed by atoms with Crippen LogP contribution in [0.5, 0.6) is 11.5 Å². The lowest BCUT2D eigenvalue weighted by molar-refractivity contribution is -0.136. The number of methoxy groups -OCH3 is 1. The number of benzene rings is 3. The molecule has 3 aromatic carbocycles. The number of anilines is 1. The molecule has 176 valence electrons. The molecule has 34 heavy (non-hydrogen) atoms. The molecule has 9 heteroatoms. The molecule has 0 aliphatic rings. The number of aryl methyl sites for hydroxylation is 2. The van der Waals surface area contributed by atoms with Crippen LogP contribution in [0, 0.1) is 13.8 Å². The lowest BCUT2D eigenvalue weighted by Gasteiger charge is -2.14. The topological polar surface area (TPSA) is 89.0 Å². The van der Waals surface area contributed by atoms with E-state index < -0.39 is 11.8 Å². The molecule has 0 spiro atoms. The lowest BCUT2D eigenvalue weighted by Crippen LogP contribution is -2.32. The summed E-state index contributed by atoms with van der Waals surface area (Å²) in [4.78, 5) is 24.2. The van der Waals surface area contributed by atoms with Crippen LogP contribution in [0.2, 0.25) is 5.02 Å². The molecule has 0 saturated heterocycles. The van der Waals surface area contributed by atoms with Gasteiger partial charge >= 0.3 is 11.8 Å². The lowest BCUT2D eigenvalue weighted by atomic mass is 10.1. The molecule has 3 rings (SSSR count). The Bertz CT molecular complexity index is 1250. The number of halogens is 2. The summed E-state index contributed by atoms with van der Waals surface area (Å²) in [6.07, 6.45) is 1.40. The summed E-state index contributed by atoms with van der Waals surface area (Å²) in [5, 5.41) is 7.02. The Balaban J connectivity index is 1.63. The predicted molar refractivity (Wildman–Crippen MR) is 137 cm³/mol. The van der Waals surface area contributed by atoms with Gasteiger partial charge in [0.25, 0.3) is 0 Å². The standard InChI is InChI=1S/C25H23BrClN3O4/c1-15-8-9-19(10-16(15)2)29-24(31)25(32)30-28-13-17-11-20(26)23(22(12-17)33-3)34-14-18-6-4-5-7-21(18)27/h4-13H,14H2,1-3H3,(H,29,31)(H,30,32). The molecule has 0 aromatic heterocycles. The van der Waals surface area contributed by atoms with Crippen molar-refractivity contribution in [3.05, 3.63) is 86.3 Å². The van der Waals surface area contributed by atoms with Crippen molar-refractivity contribution in [2.24, 2.45) is 5.10 Å². The van der Waals surface area contributed by atoms with Crippen molar-refractivity contribution >= 4 is 51.2 Å². The molecular weight excluding hydrogens is 522 g/mol. The highest BCUT2D eigenvalue weighted by Gasteiger charge is 2.14. The minimum absolute atomic E-state index is 0.258. The molecule has 0 atom stereocenters. The van der Waals surface area contributed by atoms with Crippen molar-refractivity contribution in [1.82, 2.24) is 5.43 Å². The fraction of sp³-hybridized carbons (Fsp3) is 0.160. The molecule has 0 unspecified atom stereocenters. The quantitative estimate of drug-likeness (QED) is 0.237. The summed E-state index contributed by atoms with van der Waals surface area (Å²) in [5.74, 6) is -0.749. The van der Waals surface area contributed by atoms with Crippen molar-refractivity contribution < 1.29 is 19.1 Å². The van der Waals surface area contributed by atoms with Crippen molar-refractivity contribution in [2.45, 2.75) is 20.5 Å². The van der Waals surface area contributed by atoms with Crippen molar-refractivity contribution in [3.63, 3.8) is 0 Å². The van der Waals surface area contributed by atoms with Gasteiger partial charge < -0.3 is 14.8 Å². The van der Waals surface area contributed by atoms with E-state index in [0.717, 1.165) is 16.7 Å². The number of rotatable bonds is 7. The van der Waals surface area contributed by atoms with E-state index in [1.54, 1.807) is 30.3 Å². The molecule has 0 bridgehead atoms. The summed E-state index contributed by atoms with van der Waals surface area (Å²) < 4.78 is 12.0. The highest BCUT2D eigenvalue weighted by molar-refractivity contribution is 9.10. The first-order valence-electron chi connectivity index (χ1n) is 10.2. The Labute approximate surface area is 211 Å². The van der Waals surface area contributed by atoms with Crippen LogP contribution >= 0.6 is 27.5 Å². The van der Waals surface area contributed by atoms with E-state index in [1.807, 2.05) is 38.1 Å². The zero-order valence-corrected chi connectivity index (χ0v) is 21.2. The molecule has 0 heterocycles. The summed E-state index contributed by atoms with van der Waals surface area (Å²) in [6, 6.07) is 16.2. The van der Waals surface area contributed by atoms with Gasteiger partial charge in [-0.05, 0) is 76.8 Å². The van der Waals surface area contributed by atoms with E-state index in [1.165, 1.54) is 13.3 Å². The molecule has 0 saturated carbocycles. The van der Waals surface area contributed by atoms with Crippen LogP contribution in [0.15, 0.2) is 64.2 Å². The molecule has 2 N–H and O–H groups in total. The molecular formula is C25H23BrClN3O4. The Morgan fingerprint density at radius 3 is 2.53 bits per heavy atom. The van der Waals surface area contributed by atoms with Gasteiger partial charge in [-0.2, -0.15) is 5.10 Å². The van der Waals surface area contributed by atoms with E-state index in [2.05, 4.69) is 31.8 Å². The Kier molecular flexibility index (Phi) is 8.67. The maximum absolute atomic E-state index is 12.1. The first kappa shape index (κ1) is 25.3. The Morgan fingerprint density at radius 1 is 1.06 bits per heavy atom. The zero-order chi connectivity index (χ0) is 24.7. The van der Waals surface area contributed by atoms with Gasteiger partial charge in [-0.15, -0.1) is 0 Å². The van der Waals surface area contributed by atoms with Crippen molar-refractivity contribution in [2.75, 3.05) is 12.4 Å². The summed E-state index contributed by atoms with van der Waals surface area (Å²) in [5.41, 5.74) is 6.31. The average Bonchev–Trinajstić information content (AvgIpc) is 2.81. The van der Waals surface area contributed by atoms with Crippen LogP contribution in [-0.2, 0) is 16.2 Å². The van der Waals surface area contributed by atoms with Gasteiger partial charge in [-0.3, -0.25) is 9.59 Å². The second-order valence-corrected chi connectivity index (χ2v) is 8.63. The number of ether oxygens (including phenoxy) is 2. The second kappa shape index (κ2) is 11.7. The van der Waals surface area contributed by atoms with Crippen LogP contribution in [0.25, 0.3) is 0 Å². The van der Waals surface area contributed by atoms with Gasteiger partial charge in [0.05, 0.1) is 17.8 Å². The van der Waals surface area contributed by atoms with Crippen molar-refractivity contribution in [1.29, 1.82) is 0 Å². The number of carbonyl (C=O) groups is 2. The third-order valence-electron chi connectivity index (χ3n) is 4.93. The fourth-order valence-electron chi connectivity index (χ4n) is 2.94. The summed E-state index contributed by atoms with van der Waals surface area (Å²) in [6.45, 7) is 4.15. The second-order valence-electron chi connectivity index (χ2n) is 7.37. The maximum Gasteiger partial charge on any atom is 0.329 e. The minimum atomic E-state index is -0.889. The number of hydrogen-bond donors (Lipinski definition) is 2. The van der Waals surface area contributed by atoms with Gasteiger partial charge in [0, 0.05) is 16.3 Å². The monoisotopic (exact) mass is 543 g/mol. The molecule has 0 aliphatic heterocycles. The highest BCUT2D eigenvalue weighted by atomic mass is 79.9. The van der Waals surface area contributed by atoms with E-state index >= 15 is 0 Å². The third kappa shape index (κ3) is 6.59. The SMILES string of the molecule is COc1cc(C=NNC(=O)C(=O)Nc2ccc(C)c(C)c2)cc(Br)c1OCc1ccccc1Cl. The Hall–Kier alpha value is -3.36. The third-order valence-corrected chi connectivity index (χ3v) is 5.89. The van der Waals surface area contributed by atoms with Crippen LogP contribution in [-0.4, -0.2) is 25.1 Å². The van der Waals surface area contributed by atoms with Gasteiger partial charge in [-0.25, -0.2) is 5.43 Å². The van der Waals surface area contributed by atoms with E-state index in [9.17, 15) is 9.59 Å². The highest BCUT2D eigenvalue weighted by Crippen LogP contribution is 2.37. The van der Waals surface area contributed by atoms with E-state index in [4.69, 9.17) is 21.1 Å². The maximum atomic E-state index is 12.1. The van der Waals surface area contributed by atoms with Gasteiger partial charge in [0.15, 0.2) is 11.5 Å². The van der Waals surface area contributed by atoms with Crippen LogP contribution in [0.3, 0.4) is 0 Å². The molecule has 0 radical (unpaired) electrons. The van der Waals surface area contributed by atoms with E-state index in [-0.39, 0.29) is 6.61 Å². The van der Waals surface area contributed by atoms with Crippen LogP contribution < -0.4 is 20.2 Å². The van der Waals surface area contributed by atoms with E-state index in [0.29, 0.717) is 32.2 Å². The summed E-state index contributed by atoms with van der Waals surface area (Å²) >= 11 is 9.66. The number of hydrogen-bond acceptors (Lipinski definition) is 5. The predicted octanol–water partition coefficient (Wildman–Crippen LogP) is 5.40. The molecule has 2 amide bonds. The van der Waals surface area contributed by atoms with Gasteiger partial charge in [-0.1, -0.05) is 35.9 Å². The van der Waals surface area contributed by atoms with Crippen LogP contribution in [0.1, 0.15) is 22.3 Å². The number of nitrogens with one attached hydrogen (secondary N) is 2. The minimum Gasteiger partial charge on any atom is -0.493 e. The average molecular weight is 545 g/mol. The number of carbonyl (C=O) groups excluding carboxylic acids is 2. The first-order valence-corrected chi connectivity index (χ1v) is 11.4. The fourth-order valence-corrected chi connectivity index (χ4v) is 3.71. The van der Waals surface area contributed by atoms with Gasteiger partial charge in [0.2, 0.25) is 0 Å². The smallest absolute Gasteiger partial charge is 0.329 e. The van der Waals surface area contributed by atoms with Crippen LogP contribution in [0.4, 0.5) is 5.69 Å². The first-order chi connectivity index (χ1) is 16.3. The molecule has 0 aliphatic carbocycles. The molecule has 0 fully saturated rings. The molecule has 7 nitrogen and oxygen atoms in total. The normalized spacial score (nSPS) is 10.7.